The molecule has 0 aliphatic rings. The van der Waals surface area contributed by atoms with E-state index in [1.54, 1.807) is 0 Å². The van der Waals surface area contributed by atoms with E-state index in [-0.39, 0.29) is 21.2 Å². The molecule has 0 fully saturated rings. The average molecular weight is 253 g/mol. The van der Waals surface area contributed by atoms with Crippen LogP contribution in [0.3, 0.4) is 0 Å². The molecule has 1 heteroatoms. The summed E-state index contributed by atoms with van der Waals surface area (Å²) in [4.78, 5) is 2.28. The van der Waals surface area contributed by atoms with E-state index in [0.717, 1.165) is 0 Å². The third-order valence-corrected chi connectivity index (χ3v) is 4.33. The molecule has 0 aliphatic carbocycles. The molecular weight excluding hydrogens is 235 g/mol. The molecule has 0 aliphatic heterocycles. The topological polar surface area (TPSA) is 0 Å². The van der Waals surface area contributed by atoms with Crippen LogP contribution in [0.15, 0.2) is 10.2 Å². The van der Waals surface area contributed by atoms with Crippen LogP contribution in [0.25, 0.3) is 0 Å². The molecule has 62 valence electrons. The fourth-order valence-electron chi connectivity index (χ4n) is 0.634. The van der Waals surface area contributed by atoms with Crippen molar-refractivity contribution in [2.45, 2.75) is 27.7 Å². The van der Waals surface area contributed by atoms with Crippen LogP contribution in [0.5, 0.6) is 0 Å². The van der Waals surface area contributed by atoms with Crippen molar-refractivity contribution in [3.63, 3.8) is 0 Å². The SMILES string of the molecule is C=C([I-]C)[C@H](C)C(C)(C)C. The van der Waals surface area contributed by atoms with Gasteiger partial charge in [0.15, 0.2) is 0 Å². The van der Waals surface area contributed by atoms with E-state index in [9.17, 15) is 0 Å². The molecule has 0 saturated carbocycles. The van der Waals surface area contributed by atoms with Gasteiger partial charge in [-0.25, -0.2) is 0 Å². The van der Waals surface area contributed by atoms with Crippen LogP contribution < -0.4 is 21.2 Å². The van der Waals surface area contributed by atoms with E-state index >= 15 is 0 Å². The first-order chi connectivity index (χ1) is 4.39. The van der Waals surface area contributed by atoms with E-state index < -0.39 is 0 Å². The monoisotopic (exact) mass is 253 g/mol. The number of hydrogen-bond donors (Lipinski definition) is 0. The molecule has 0 rings (SSSR count). The van der Waals surface area contributed by atoms with Crippen LogP contribution in [-0.4, -0.2) is 4.93 Å². The van der Waals surface area contributed by atoms with E-state index in [2.05, 4.69) is 39.2 Å². The van der Waals surface area contributed by atoms with Crippen molar-refractivity contribution in [2.75, 3.05) is 4.93 Å². The Morgan fingerprint density at radius 2 is 1.80 bits per heavy atom. The number of halogens is 1. The molecular formula is C9H18I-. The Morgan fingerprint density at radius 1 is 1.40 bits per heavy atom. The molecule has 0 aromatic heterocycles. The van der Waals surface area contributed by atoms with Gasteiger partial charge in [-0.3, -0.25) is 0 Å². The predicted molar refractivity (Wildman–Crippen MR) is 43.7 cm³/mol. The van der Waals surface area contributed by atoms with E-state index in [1.807, 2.05) is 0 Å². The summed E-state index contributed by atoms with van der Waals surface area (Å²) in [5.41, 5.74) is 0.410. The summed E-state index contributed by atoms with van der Waals surface area (Å²) in [5.74, 6) is 0.685. The average Bonchev–Trinajstić information content (AvgIpc) is 1.83. The normalized spacial score (nSPS) is 15.3. The Balaban J connectivity index is 4.08. The minimum atomic E-state index is 0.244. The van der Waals surface area contributed by atoms with Crippen molar-refractivity contribution in [3.05, 3.63) is 10.2 Å². The van der Waals surface area contributed by atoms with Crippen LogP contribution in [0.4, 0.5) is 0 Å². The summed E-state index contributed by atoms with van der Waals surface area (Å²) in [6.07, 6.45) is 0. The van der Waals surface area contributed by atoms with Gasteiger partial charge >= 0.3 is 75.3 Å². The molecule has 0 spiro atoms. The zero-order chi connectivity index (χ0) is 8.36. The van der Waals surface area contributed by atoms with E-state index in [1.165, 1.54) is 3.58 Å². The maximum absolute atomic E-state index is 4.09. The third kappa shape index (κ3) is 3.04. The molecule has 0 radical (unpaired) electrons. The molecule has 0 N–H and O–H groups in total. The van der Waals surface area contributed by atoms with Crippen LogP contribution in [0.1, 0.15) is 27.7 Å². The Labute approximate surface area is 75.4 Å². The van der Waals surface area contributed by atoms with Gasteiger partial charge in [0.1, 0.15) is 0 Å². The zero-order valence-electron chi connectivity index (χ0n) is 7.66. The second kappa shape index (κ2) is 3.74. The van der Waals surface area contributed by atoms with E-state index in [4.69, 9.17) is 0 Å². The number of allylic oxidation sites excluding steroid dienone is 1. The Hall–Kier alpha value is 0.470. The fraction of sp³-hybridized carbons (Fsp3) is 0.778. The molecule has 0 aromatic rings. The maximum atomic E-state index is 4.09. The van der Waals surface area contributed by atoms with Crippen molar-refractivity contribution < 1.29 is 21.2 Å². The number of alkyl halides is 1. The summed E-state index contributed by atoms with van der Waals surface area (Å²) in [6, 6.07) is 0. The summed E-state index contributed by atoms with van der Waals surface area (Å²) in [5, 5.41) is 0. The van der Waals surface area contributed by atoms with Crippen LogP contribution in [-0.2, 0) is 0 Å². The third-order valence-electron chi connectivity index (χ3n) is 2.01. The Kier molecular flexibility index (Phi) is 3.92. The molecule has 0 nitrogen and oxygen atoms in total. The second-order valence-electron chi connectivity index (χ2n) is 3.72. The first kappa shape index (κ1) is 10.5. The zero-order valence-corrected chi connectivity index (χ0v) is 9.82. The Bertz CT molecular complexity index is 119. The van der Waals surface area contributed by atoms with Gasteiger partial charge in [-0.1, -0.05) is 0 Å². The van der Waals surface area contributed by atoms with Gasteiger partial charge in [-0.15, -0.1) is 0 Å². The molecule has 1 atom stereocenters. The minimum absolute atomic E-state index is 0.244. The standard InChI is InChI=1S/C9H18I/c1-7(8(2)10-6)9(3,4)5/h7H,2H2,1,3-6H3/q-1/t7-/m0/s1. The van der Waals surface area contributed by atoms with Crippen molar-refractivity contribution >= 4 is 0 Å². The molecule has 10 heavy (non-hydrogen) atoms. The summed E-state index contributed by atoms with van der Waals surface area (Å²) in [6.45, 7) is 13.2. The van der Waals surface area contributed by atoms with Gasteiger partial charge in [0.05, 0.1) is 0 Å². The van der Waals surface area contributed by atoms with Crippen LogP contribution in [0, 0.1) is 11.3 Å². The van der Waals surface area contributed by atoms with E-state index in [0.29, 0.717) is 11.3 Å². The predicted octanol–water partition coefficient (Wildman–Crippen LogP) is -0.0989. The molecule has 0 bridgehead atoms. The van der Waals surface area contributed by atoms with Crippen molar-refractivity contribution in [1.29, 1.82) is 0 Å². The van der Waals surface area contributed by atoms with Gasteiger partial charge in [0, 0.05) is 0 Å². The summed E-state index contributed by atoms with van der Waals surface area (Å²) < 4.78 is 1.48. The molecule has 0 amide bonds. The molecule has 0 unspecified atom stereocenters. The van der Waals surface area contributed by atoms with Gasteiger partial charge in [-0.05, 0) is 0 Å². The quantitative estimate of drug-likeness (QED) is 0.476. The number of rotatable bonds is 2. The molecule has 0 saturated heterocycles. The van der Waals surface area contributed by atoms with Crippen molar-refractivity contribution in [1.82, 2.24) is 0 Å². The van der Waals surface area contributed by atoms with Gasteiger partial charge in [-0.2, -0.15) is 0 Å². The first-order valence-corrected chi connectivity index (χ1v) is 6.81. The van der Waals surface area contributed by atoms with Gasteiger partial charge < -0.3 is 0 Å². The van der Waals surface area contributed by atoms with Gasteiger partial charge in [0.2, 0.25) is 0 Å². The number of hydrogen-bond acceptors (Lipinski definition) is 0. The first-order valence-electron chi connectivity index (χ1n) is 3.58. The van der Waals surface area contributed by atoms with Crippen LogP contribution in [0.2, 0.25) is 0 Å². The molecule has 0 aromatic carbocycles. The van der Waals surface area contributed by atoms with Crippen molar-refractivity contribution in [3.8, 4) is 0 Å². The van der Waals surface area contributed by atoms with Crippen molar-refractivity contribution in [2.24, 2.45) is 11.3 Å². The molecule has 0 heterocycles. The van der Waals surface area contributed by atoms with Gasteiger partial charge in [0.25, 0.3) is 0 Å². The summed E-state index contributed by atoms with van der Waals surface area (Å²) in [7, 11) is 0. The Morgan fingerprint density at radius 3 is 1.90 bits per heavy atom. The second-order valence-corrected chi connectivity index (χ2v) is 6.19. The fourth-order valence-corrected chi connectivity index (χ4v) is 2.50. The summed E-state index contributed by atoms with van der Waals surface area (Å²) >= 11 is 0.244. The van der Waals surface area contributed by atoms with Crippen LogP contribution >= 0.6 is 0 Å².